The van der Waals surface area contributed by atoms with Gasteiger partial charge < -0.3 is 10.4 Å². The third-order valence-electron chi connectivity index (χ3n) is 3.39. The van der Waals surface area contributed by atoms with E-state index in [0.717, 1.165) is 0 Å². The van der Waals surface area contributed by atoms with Crippen molar-refractivity contribution < 1.29 is 9.90 Å². The van der Waals surface area contributed by atoms with E-state index in [-0.39, 0.29) is 29.1 Å². The third-order valence-corrected chi connectivity index (χ3v) is 3.39. The number of nitrogens with one attached hydrogen (secondary N) is 1. The Bertz CT molecular complexity index is 935. The molecule has 1 amide bonds. The summed E-state index contributed by atoms with van der Waals surface area (Å²) < 4.78 is 1.28. The Kier molecular flexibility index (Phi) is 3.76. The SMILES string of the molecule is Cc1nc2ccc(O)cc2c(=O)n1CC(=O)Nc1ccncc1. The molecule has 0 saturated carbocycles. The van der Waals surface area contributed by atoms with Crippen molar-refractivity contribution in [2.24, 2.45) is 0 Å². The molecule has 0 aliphatic heterocycles. The van der Waals surface area contributed by atoms with Gasteiger partial charge in [-0.2, -0.15) is 0 Å². The monoisotopic (exact) mass is 310 g/mol. The van der Waals surface area contributed by atoms with Crippen molar-refractivity contribution in [3.05, 3.63) is 58.9 Å². The van der Waals surface area contributed by atoms with Gasteiger partial charge in [-0.1, -0.05) is 0 Å². The van der Waals surface area contributed by atoms with Gasteiger partial charge in [-0.25, -0.2) is 4.98 Å². The summed E-state index contributed by atoms with van der Waals surface area (Å²) in [5.41, 5.74) is 0.714. The van der Waals surface area contributed by atoms with Gasteiger partial charge in [0.25, 0.3) is 5.56 Å². The molecule has 0 aliphatic rings. The number of hydrogen-bond donors (Lipinski definition) is 2. The minimum Gasteiger partial charge on any atom is -0.508 e. The van der Waals surface area contributed by atoms with Crippen LogP contribution in [-0.2, 0) is 11.3 Å². The van der Waals surface area contributed by atoms with Crippen LogP contribution in [0, 0.1) is 6.92 Å². The molecule has 0 atom stereocenters. The maximum atomic E-state index is 12.5. The van der Waals surface area contributed by atoms with Crippen LogP contribution in [0.25, 0.3) is 10.9 Å². The Balaban J connectivity index is 1.93. The Morgan fingerprint density at radius 3 is 2.74 bits per heavy atom. The number of phenolic OH excluding ortho intramolecular Hbond substituents is 1. The number of rotatable bonds is 3. The van der Waals surface area contributed by atoms with Gasteiger partial charge in [0.05, 0.1) is 10.9 Å². The lowest BCUT2D eigenvalue weighted by Crippen LogP contribution is -2.30. The first-order valence-corrected chi connectivity index (χ1v) is 6.94. The molecule has 23 heavy (non-hydrogen) atoms. The van der Waals surface area contributed by atoms with Crippen molar-refractivity contribution >= 4 is 22.5 Å². The van der Waals surface area contributed by atoms with E-state index in [1.807, 2.05) is 0 Å². The number of aromatic nitrogens is 3. The quantitative estimate of drug-likeness (QED) is 0.763. The van der Waals surface area contributed by atoms with E-state index < -0.39 is 0 Å². The summed E-state index contributed by atoms with van der Waals surface area (Å²) in [6.07, 6.45) is 3.13. The predicted octanol–water partition coefficient (Wildman–Crippen LogP) is 1.44. The standard InChI is InChI=1S/C16H14N4O3/c1-10-18-14-3-2-12(21)8-13(14)16(23)20(10)9-15(22)19-11-4-6-17-7-5-11/h2-8,21H,9H2,1H3,(H,17,19,22). The summed E-state index contributed by atoms with van der Waals surface area (Å²) in [5.74, 6) is 0.0637. The van der Waals surface area contributed by atoms with Crippen LogP contribution in [0.4, 0.5) is 5.69 Å². The van der Waals surface area contributed by atoms with Gasteiger partial charge in [-0.15, -0.1) is 0 Å². The number of pyridine rings is 1. The molecule has 7 heteroatoms. The number of carbonyl (C=O) groups excluding carboxylic acids is 1. The summed E-state index contributed by atoms with van der Waals surface area (Å²) in [6.45, 7) is 1.50. The first kappa shape index (κ1) is 14.7. The van der Waals surface area contributed by atoms with Crippen LogP contribution in [0.1, 0.15) is 5.82 Å². The molecule has 0 radical (unpaired) electrons. The van der Waals surface area contributed by atoms with Crippen molar-refractivity contribution in [1.82, 2.24) is 14.5 Å². The van der Waals surface area contributed by atoms with E-state index in [1.165, 1.54) is 16.7 Å². The number of phenols is 1. The third kappa shape index (κ3) is 3.03. The normalized spacial score (nSPS) is 10.7. The molecular formula is C16H14N4O3. The Hall–Kier alpha value is -3.22. The molecule has 7 nitrogen and oxygen atoms in total. The molecule has 0 unspecified atom stereocenters. The van der Waals surface area contributed by atoms with Crippen LogP contribution in [0.5, 0.6) is 5.75 Å². The highest BCUT2D eigenvalue weighted by Crippen LogP contribution is 2.15. The van der Waals surface area contributed by atoms with E-state index in [1.54, 1.807) is 37.5 Å². The number of nitrogens with zero attached hydrogens (tertiary/aromatic N) is 3. The van der Waals surface area contributed by atoms with Crippen LogP contribution in [0.3, 0.4) is 0 Å². The Labute approximate surface area is 131 Å². The molecule has 3 aromatic rings. The van der Waals surface area contributed by atoms with Crippen LogP contribution < -0.4 is 10.9 Å². The van der Waals surface area contributed by atoms with Crippen molar-refractivity contribution in [2.75, 3.05) is 5.32 Å². The Morgan fingerprint density at radius 2 is 2.00 bits per heavy atom. The largest absolute Gasteiger partial charge is 0.508 e. The van der Waals surface area contributed by atoms with Gasteiger partial charge in [0.1, 0.15) is 18.1 Å². The van der Waals surface area contributed by atoms with Crippen molar-refractivity contribution in [2.45, 2.75) is 13.5 Å². The molecule has 0 fully saturated rings. The fourth-order valence-electron chi connectivity index (χ4n) is 2.29. The summed E-state index contributed by atoms with van der Waals surface area (Å²) in [6, 6.07) is 7.70. The van der Waals surface area contributed by atoms with E-state index in [4.69, 9.17) is 0 Å². The minimum absolute atomic E-state index is 0.0203. The van der Waals surface area contributed by atoms with Crippen LogP contribution in [0.15, 0.2) is 47.5 Å². The highest BCUT2D eigenvalue weighted by molar-refractivity contribution is 5.90. The minimum atomic E-state index is -0.367. The molecule has 0 spiro atoms. The number of carbonyl (C=O) groups is 1. The summed E-state index contributed by atoms with van der Waals surface area (Å²) in [4.78, 5) is 32.8. The molecule has 116 valence electrons. The predicted molar refractivity (Wildman–Crippen MR) is 85.3 cm³/mol. The number of aromatic hydroxyl groups is 1. The molecule has 3 rings (SSSR count). The molecule has 2 aromatic heterocycles. The molecule has 2 heterocycles. The van der Waals surface area contributed by atoms with Crippen LogP contribution in [-0.4, -0.2) is 25.5 Å². The van der Waals surface area contributed by atoms with Gasteiger partial charge in [-0.05, 0) is 37.3 Å². The summed E-state index contributed by atoms with van der Waals surface area (Å²) >= 11 is 0. The first-order valence-electron chi connectivity index (χ1n) is 6.94. The molecule has 0 saturated heterocycles. The van der Waals surface area contributed by atoms with E-state index in [9.17, 15) is 14.7 Å². The van der Waals surface area contributed by atoms with Crippen LogP contribution >= 0.6 is 0 Å². The number of fused-ring (bicyclic) bond motifs is 1. The summed E-state index contributed by atoms with van der Waals surface area (Å²) in [7, 11) is 0. The lowest BCUT2D eigenvalue weighted by Gasteiger charge is -2.11. The smallest absolute Gasteiger partial charge is 0.261 e. The van der Waals surface area contributed by atoms with Crippen molar-refractivity contribution in [3.63, 3.8) is 0 Å². The van der Waals surface area contributed by atoms with Gasteiger partial charge in [-0.3, -0.25) is 19.1 Å². The summed E-state index contributed by atoms with van der Waals surface area (Å²) in [5, 5.41) is 12.5. The molecule has 0 aliphatic carbocycles. The number of anilines is 1. The van der Waals surface area contributed by atoms with E-state index in [0.29, 0.717) is 17.0 Å². The maximum Gasteiger partial charge on any atom is 0.261 e. The van der Waals surface area contributed by atoms with E-state index in [2.05, 4.69) is 15.3 Å². The average molecular weight is 310 g/mol. The molecule has 0 bridgehead atoms. The highest BCUT2D eigenvalue weighted by Gasteiger charge is 2.12. The highest BCUT2D eigenvalue weighted by atomic mass is 16.3. The van der Waals surface area contributed by atoms with Crippen molar-refractivity contribution in [3.8, 4) is 5.75 Å². The van der Waals surface area contributed by atoms with Gasteiger partial charge in [0.15, 0.2) is 0 Å². The fraction of sp³-hybridized carbons (Fsp3) is 0.125. The zero-order chi connectivity index (χ0) is 16.4. The second-order valence-corrected chi connectivity index (χ2v) is 5.04. The fourth-order valence-corrected chi connectivity index (χ4v) is 2.29. The number of aryl methyl sites for hydroxylation is 1. The second kappa shape index (κ2) is 5.88. The zero-order valence-corrected chi connectivity index (χ0v) is 12.4. The molecule has 2 N–H and O–H groups in total. The second-order valence-electron chi connectivity index (χ2n) is 5.04. The number of hydrogen-bond acceptors (Lipinski definition) is 5. The van der Waals surface area contributed by atoms with Gasteiger partial charge in [0.2, 0.25) is 5.91 Å². The average Bonchev–Trinajstić information content (AvgIpc) is 2.53. The lowest BCUT2D eigenvalue weighted by atomic mass is 10.2. The number of amides is 1. The number of benzene rings is 1. The lowest BCUT2D eigenvalue weighted by molar-refractivity contribution is -0.116. The van der Waals surface area contributed by atoms with Gasteiger partial charge in [0, 0.05) is 18.1 Å². The van der Waals surface area contributed by atoms with Crippen LogP contribution in [0.2, 0.25) is 0 Å². The Morgan fingerprint density at radius 1 is 1.26 bits per heavy atom. The van der Waals surface area contributed by atoms with E-state index >= 15 is 0 Å². The van der Waals surface area contributed by atoms with Crippen molar-refractivity contribution in [1.29, 1.82) is 0 Å². The first-order chi connectivity index (χ1) is 11.0. The maximum absolute atomic E-state index is 12.5. The van der Waals surface area contributed by atoms with Gasteiger partial charge >= 0.3 is 0 Å². The topological polar surface area (TPSA) is 97.1 Å². The zero-order valence-electron chi connectivity index (χ0n) is 12.4. The molecular weight excluding hydrogens is 296 g/mol. The molecule has 1 aromatic carbocycles.